The Kier molecular flexibility index (Phi) is 4.47. The normalized spacial score (nSPS) is 11.4. The van der Waals surface area contributed by atoms with Crippen LogP contribution in [0.25, 0.3) is 0 Å². The zero-order valence-corrected chi connectivity index (χ0v) is 13.1. The van der Waals surface area contributed by atoms with Gasteiger partial charge in [-0.25, -0.2) is 8.42 Å². The lowest BCUT2D eigenvalue weighted by atomic mass is 10.0. The molecule has 1 heterocycles. The van der Waals surface area contributed by atoms with Crippen LogP contribution in [-0.4, -0.2) is 20.4 Å². The highest BCUT2D eigenvalue weighted by atomic mass is 32.2. The third kappa shape index (κ3) is 3.52. The minimum absolute atomic E-state index is 0.127. The Bertz CT molecular complexity index is 727. The van der Waals surface area contributed by atoms with E-state index < -0.39 is 10.0 Å². The molecule has 2 aromatic rings. The number of aromatic nitrogens is 1. The summed E-state index contributed by atoms with van der Waals surface area (Å²) in [5, 5.41) is 2.86. The fraction of sp³-hybridized carbons (Fsp3) is 0.267. The van der Waals surface area contributed by atoms with Gasteiger partial charge in [0, 0.05) is 25.1 Å². The van der Waals surface area contributed by atoms with Gasteiger partial charge in [0.25, 0.3) is 10.0 Å². The first-order valence-corrected chi connectivity index (χ1v) is 8.17. The molecule has 0 aliphatic carbocycles. The van der Waals surface area contributed by atoms with Gasteiger partial charge in [-0.05, 0) is 29.7 Å². The first kappa shape index (κ1) is 15.3. The predicted molar refractivity (Wildman–Crippen MR) is 85.1 cm³/mol. The molecule has 0 saturated heterocycles. The van der Waals surface area contributed by atoms with Crippen molar-refractivity contribution < 1.29 is 8.42 Å². The first-order valence-electron chi connectivity index (χ1n) is 6.68. The van der Waals surface area contributed by atoms with E-state index in [9.17, 15) is 8.42 Å². The van der Waals surface area contributed by atoms with Crippen LogP contribution in [0.3, 0.4) is 0 Å². The van der Waals surface area contributed by atoms with Gasteiger partial charge < -0.3 is 5.32 Å². The molecular weight excluding hydrogens is 286 g/mol. The molecule has 112 valence electrons. The van der Waals surface area contributed by atoms with Crippen molar-refractivity contribution in [3.63, 3.8) is 0 Å². The summed E-state index contributed by atoms with van der Waals surface area (Å²) in [5.74, 6) is 0.334. The summed E-state index contributed by atoms with van der Waals surface area (Å²) >= 11 is 0. The number of nitrogens with zero attached hydrogens (tertiary/aromatic N) is 1. The van der Waals surface area contributed by atoms with E-state index in [1.54, 1.807) is 25.4 Å². The summed E-state index contributed by atoms with van der Waals surface area (Å²) in [4.78, 5) is 4.02. The topological polar surface area (TPSA) is 71.1 Å². The van der Waals surface area contributed by atoms with Gasteiger partial charge in [0.15, 0.2) is 0 Å². The molecule has 0 radical (unpaired) electrons. The van der Waals surface area contributed by atoms with Gasteiger partial charge in [-0.3, -0.25) is 9.71 Å². The molecule has 0 fully saturated rings. The Labute approximate surface area is 125 Å². The van der Waals surface area contributed by atoms with Gasteiger partial charge in [0.05, 0.1) is 5.69 Å². The van der Waals surface area contributed by atoms with Crippen molar-refractivity contribution in [2.75, 3.05) is 17.1 Å². The van der Waals surface area contributed by atoms with Crippen molar-refractivity contribution in [3.8, 4) is 0 Å². The number of anilines is 2. The second-order valence-electron chi connectivity index (χ2n) is 5.01. The van der Waals surface area contributed by atoms with Gasteiger partial charge in [-0.1, -0.05) is 26.0 Å². The number of nitrogens with one attached hydrogen (secondary N) is 2. The minimum atomic E-state index is -3.67. The molecule has 1 aromatic heterocycles. The third-order valence-electron chi connectivity index (χ3n) is 3.15. The molecule has 0 saturated carbocycles. The van der Waals surface area contributed by atoms with E-state index in [-0.39, 0.29) is 4.90 Å². The van der Waals surface area contributed by atoms with Gasteiger partial charge in [0.2, 0.25) is 0 Å². The third-order valence-corrected chi connectivity index (χ3v) is 4.56. The summed E-state index contributed by atoms with van der Waals surface area (Å²) in [7, 11) is -2.00. The van der Waals surface area contributed by atoms with Crippen molar-refractivity contribution in [2.45, 2.75) is 24.7 Å². The van der Waals surface area contributed by atoms with Gasteiger partial charge >= 0.3 is 0 Å². The summed E-state index contributed by atoms with van der Waals surface area (Å²) in [6, 6.07) is 9.02. The van der Waals surface area contributed by atoms with Crippen molar-refractivity contribution in [3.05, 3.63) is 48.3 Å². The second-order valence-corrected chi connectivity index (χ2v) is 6.66. The first-order chi connectivity index (χ1) is 9.94. The highest BCUT2D eigenvalue weighted by Gasteiger charge is 2.18. The van der Waals surface area contributed by atoms with E-state index in [2.05, 4.69) is 28.9 Å². The lowest BCUT2D eigenvalue weighted by molar-refractivity contribution is 0.601. The molecule has 0 unspecified atom stereocenters. The fourth-order valence-corrected chi connectivity index (χ4v) is 3.18. The molecule has 2 N–H and O–H groups in total. The van der Waals surface area contributed by atoms with Crippen LogP contribution in [0.2, 0.25) is 0 Å². The monoisotopic (exact) mass is 305 g/mol. The summed E-state index contributed by atoms with van der Waals surface area (Å²) in [6.07, 6.45) is 2.88. The quantitative estimate of drug-likeness (QED) is 0.890. The Morgan fingerprint density at radius 2 is 1.95 bits per heavy atom. The van der Waals surface area contributed by atoms with Crippen LogP contribution in [0.1, 0.15) is 25.3 Å². The standard InChI is InChI=1S/C15H19N3O2S/c1-11(2)12-5-4-6-13(9-12)18-21(19,20)15-10-17-8-7-14(15)16-3/h4-11,18H,1-3H3,(H,16,17). The molecule has 6 heteroatoms. The highest BCUT2D eigenvalue weighted by molar-refractivity contribution is 7.92. The zero-order chi connectivity index (χ0) is 15.5. The maximum atomic E-state index is 12.5. The average Bonchev–Trinajstić information content (AvgIpc) is 2.47. The number of rotatable bonds is 5. The lowest BCUT2D eigenvalue weighted by Crippen LogP contribution is -2.15. The van der Waals surface area contributed by atoms with E-state index in [0.29, 0.717) is 17.3 Å². The van der Waals surface area contributed by atoms with Crippen LogP contribution in [0, 0.1) is 0 Å². The van der Waals surface area contributed by atoms with Crippen LogP contribution in [0.15, 0.2) is 47.6 Å². The van der Waals surface area contributed by atoms with Crippen LogP contribution in [0.4, 0.5) is 11.4 Å². The Balaban J connectivity index is 2.35. The van der Waals surface area contributed by atoms with Crippen LogP contribution >= 0.6 is 0 Å². The van der Waals surface area contributed by atoms with E-state index in [1.165, 1.54) is 6.20 Å². The van der Waals surface area contributed by atoms with Gasteiger partial charge in [-0.15, -0.1) is 0 Å². The van der Waals surface area contributed by atoms with Gasteiger partial charge in [-0.2, -0.15) is 0 Å². The van der Waals surface area contributed by atoms with E-state index in [1.807, 2.05) is 18.2 Å². The molecule has 0 atom stereocenters. The smallest absolute Gasteiger partial charge is 0.265 e. The van der Waals surface area contributed by atoms with Gasteiger partial charge in [0.1, 0.15) is 4.90 Å². The molecule has 0 aliphatic heterocycles. The van der Waals surface area contributed by atoms with Crippen molar-refractivity contribution in [2.24, 2.45) is 0 Å². The predicted octanol–water partition coefficient (Wildman–Crippen LogP) is 3.05. The molecule has 21 heavy (non-hydrogen) atoms. The van der Waals surface area contributed by atoms with Crippen LogP contribution in [0.5, 0.6) is 0 Å². The summed E-state index contributed by atoms with van der Waals surface area (Å²) in [5.41, 5.74) is 2.14. The number of sulfonamides is 1. The minimum Gasteiger partial charge on any atom is -0.387 e. The molecule has 0 aliphatic rings. The lowest BCUT2D eigenvalue weighted by Gasteiger charge is -2.13. The maximum Gasteiger partial charge on any atom is 0.265 e. The van der Waals surface area contributed by atoms with E-state index >= 15 is 0 Å². The Morgan fingerprint density at radius 3 is 2.62 bits per heavy atom. The molecule has 0 bridgehead atoms. The second kappa shape index (κ2) is 6.13. The number of hydrogen-bond donors (Lipinski definition) is 2. The molecule has 5 nitrogen and oxygen atoms in total. The maximum absolute atomic E-state index is 12.5. The van der Waals surface area contributed by atoms with Crippen LogP contribution in [-0.2, 0) is 10.0 Å². The fourth-order valence-electron chi connectivity index (χ4n) is 1.97. The van der Waals surface area contributed by atoms with E-state index in [0.717, 1.165) is 5.56 Å². The summed E-state index contributed by atoms with van der Waals surface area (Å²) in [6.45, 7) is 4.13. The Morgan fingerprint density at radius 1 is 1.19 bits per heavy atom. The average molecular weight is 305 g/mol. The zero-order valence-electron chi connectivity index (χ0n) is 12.3. The van der Waals surface area contributed by atoms with Crippen molar-refractivity contribution in [1.29, 1.82) is 0 Å². The molecule has 1 aromatic carbocycles. The number of pyridine rings is 1. The number of hydrogen-bond acceptors (Lipinski definition) is 4. The summed E-state index contributed by atoms with van der Waals surface area (Å²) < 4.78 is 27.5. The molecule has 0 amide bonds. The van der Waals surface area contributed by atoms with Crippen LogP contribution < -0.4 is 10.0 Å². The largest absolute Gasteiger partial charge is 0.387 e. The Hall–Kier alpha value is -2.08. The number of benzene rings is 1. The van der Waals surface area contributed by atoms with Crippen molar-refractivity contribution in [1.82, 2.24) is 4.98 Å². The van der Waals surface area contributed by atoms with E-state index in [4.69, 9.17) is 0 Å². The molecular formula is C15H19N3O2S. The van der Waals surface area contributed by atoms with Crippen molar-refractivity contribution >= 4 is 21.4 Å². The molecule has 0 spiro atoms. The SMILES string of the molecule is CNc1ccncc1S(=O)(=O)Nc1cccc(C(C)C)c1. The molecule has 2 rings (SSSR count). The highest BCUT2D eigenvalue weighted by Crippen LogP contribution is 2.24.